The normalized spacial score (nSPS) is 22.4. The van der Waals surface area contributed by atoms with E-state index >= 15 is 0 Å². The first kappa shape index (κ1) is 27.0. The van der Waals surface area contributed by atoms with Gasteiger partial charge in [-0.05, 0) is 73.6 Å². The number of rotatable bonds is 6. The van der Waals surface area contributed by atoms with Gasteiger partial charge in [-0.1, -0.05) is 40.2 Å². The molecule has 1 aromatic carbocycles. The van der Waals surface area contributed by atoms with Crippen molar-refractivity contribution in [3.05, 3.63) is 29.3 Å². The minimum Gasteiger partial charge on any atom is -0.369 e. The number of benzene rings is 1. The maximum Gasteiger partial charge on any atom is 0.253 e. The number of carbonyl (C=O) groups excluding carboxylic acids is 1. The highest BCUT2D eigenvalue weighted by Crippen LogP contribution is 2.45. The molecule has 5 heteroatoms. The summed E-state index contributed by atoms with van der Waals surface area (Å²) in [6, 6.07) is 6.53. The summed E-state index contributed by atoms with van der Waals surface area (Å²) < 4.78 is 0. The third-order valence-corrected chi connectivity index (χ3v) is 7.62. The molecule has 1 aliphatic carbocycles. The lowest BCUT2D eigenvalue weighted by Crippen LogP contribution is -2.47. The van der Waals surface area contributed by atoms with E-state index < -0.39 is 0 Å². The largest absolute Gasteiger partial charge is 0.369 e. The van der Waals surface area contributed by atoms with Crippen LogP contribution in [0.3, 0.4) is 0 Å². The summed E-state index contributed by atoms with van der Waals surface area (Å²) in [4.78, 5) is 19.5. The predicted molar refractivity (Wildman–Crippen MR) is 139 cm³/mol. The van der Waals surface area contributed by atoms with Crippen LogP contribution in [0, 0.1) is 11.3 Å². The van der Waals surface area contributed by atoms with Gasteiger partial charge >= 0.3 is 0 Å². The number of hydrogen-bond acceptors (Lipinski definition) is 3. The minimum absolute atomic E-state index is 0. The van der Waals surface area contributed by atoms with E-state index in [0.717, 1.165) is 37.7 Å². The highest BCUT2D eigenvalue weighted by atomic mass is 35.5. The van der Waals surface area contributed by atoms with E-state index in [1.54, 1.807) is 4.90 Å². The standard InChI is InChI=1S/C27H45N3O.ClH/c1-7-8-15-29-16-18-30(19-17-29)25-20-22(26(31)28(5)6)11-14-24(25)21-9-12-23(13-10-21)27(2,3)4;/h11,14,20-21,23H,7-10,12-13,15-19H2,1-6H3;1H. The lowest BCUT2D eigenvalue weighted by molar-refractivity contribution is 0.0827. The van der Waals surface area contributed by atoms with Crippen molar-refractivity contribution in [2.75, 3.05) is 51.7 Å². The molecule has 182 valence electrons. The molecule has 1 saturated carbocycles. The third kappa shape index (κ3) is 6.63. The first-order valence-corrected chi connectivity index (χ1v) is 12.5. The van der Waals surface area contributed by atoms with Gasteiger partial charge in [0.1, 0.15) is 0 Å². The first-order valence-electron chi connectivity index (χ1n) is 12.5. The Morgan fingerprint density at radius 3 is 2.19 bits per heavy atom. The van der Waals surface area contributed by atoms with E-state index in [4.69, 9.17) is 0 Å². The Morgan fingerprint density at radius 1 is 1.03 bits per heavy atom. The molecule has 2 aliphatic rings. The molecule has 1 aliphatic heterocycles. The average Bonchev–Trinajstić information content (AvgIpc) is 2.76. The second kappa shape index (κ2) is 11.7. The minimum atomic E-state index is 0. The highest BCUT2D eigenvalue weighted by Gasteiger charge is 2.32. The second-order valence-corrected chi connectivity index (χ2v) is 11.1. The van der Waals surface area contributed by atoms with E-state index in [2.05, 4.69) is 55.7 Å². The lowest BCUT2D eigenvalue weighted by atomic mass is 9.68. The fourth-order valence-electron chi connectivity index (χ4n) is 5.42. The van der Waals surface area contributed by atoms with Gasteiger partial charge in [-0.15, -0.1) is 12.4 Å². The van der Waals surface area contributed by atoms with Crippen molar-refractivity contribution < 1.29 is 4.79 Å². The van der Waals surface area contributed by atoms with Crippen LogP contribution >= 0.6 is 12.4 Å². The first-order chi connectivity index (χ1) is 14.7. The highest BCUT2D eigenvalue weighted by molar-refractivity contribution is 5.95. The van der Waals surface area contributed by atoms with Gasteiger partial charge in [0, 0.05) is 51.5 Å². The number of anilines is 1. The van der Waals surface area contributed by atoms with Crippen LogP contribution in [0.15, 0.2) is 18.2 Å². The second-order valence-electron chi connectivity index (χ2n) is 11.1. The van der Waals surface area contributed by atoms with E-state index in [1.807, 2.05) is 14.1 Å². The third-order valence-electron chi connectivity index (χ3n) is 7.62. The summed E-state index contributed by atoms with van der Waals surface area (Å²) >= 11 is 0. The molecule has 2 fully saturated rings. The molecule has 1 amide bonds. The Morgan fingerprint density at radius 2 is 1.66 bits per heavy atom. The number of halogens is 1. The molecule has 0 unspecified atom stereocenters. The van der Waals surface area contributed by atoms with Crippen LogP contribution in [0.2, 0.25) is 0 Å². The molecule has 0 bridgehead atoms. The van der Waals surface area contributed by atoms with Crippen molar-refractivity contribution in [1.82, 2.24) is 9.80 Å². The number of nitrogens with zero attached hydrogens (tertiary/aromatic N) is 3. The average molecular weight is 464 g/mol. The van der Waals surface area contributed by atoms with Gasteiger partial charge in [0.15, 0.2) is 0 Å². The van der Waals surface area contributed by atoms with E-state index in [0.29, 0.717) is 11.3 Å². The van der Waals surface area contributed by atoms with Crippen LogP contribution in [0.1, 0.15) is 88.1 Å². The van der Waals surface area contributed by atoms with E-state index in [1.165, 1.54) is 56.3 Å². The van der Waals surface area contributed by atoms with E-state index in [9.17, 15) is 4.79 Å². The van der Waals surface area contributed by atoms with Gasteiger partial charge < -0.3 is 9.80 Å². The number of hydrogen-bond donors (Lipinski definition) is 0. The smallest absolute Gasteiger partial charge is 0.253 e. The van der Waals surface area contributed by atoms with Crippen molar-refractivity contribution in [3.63, 3.8) is 0 Å². The molecule has 0 N–H and O–H groups in total. The van der Waals surface area contributed by atoms with Crippen LogP contribution < -0.4 is 4.90 Å². The topological polar surface area (TPSA) is 26.8 Å². The molecule has 3 rings (SSSR count). The van der Waals surface area contributed by atoms with Crippen molar-refractivity contribution in [2.24, 2.45) is 11.3 Å². The number of unbranched alkanes of at least 4 members (excludes halogenated alkanes) is 1. The number of amides is 1. The van der Waals surface area contributed by atoms with Crippen molar-refractivity contribution in [3.8, 4) is 0 Å². The SMILES string of the molecule is CCCCN1CCN(c2cc(C(=O)N(C)C)ccc2C2CCC(C(C)(C)C)CC2)CC1.Cl. The van der Waals surface area contributed by atoms with Crippen LogP contribution in [0.25, 0.3) is 0 Å². The van der Waals surface area contributed by atoms with Gasteiger partial charge in [-0.25, -0.2) is 0 Å². The molecule has 4 nitrogen and oxygen atoms in total. The molecule has 1 saturated heterocycles. The Balaban J connectivity index is 0.00000363. The zero-order valence-electron chi connectivity index (χ0n) is 21.3. The van der Waals surface area contributed by atoms with Crippen LogP contribution in [0.4, 0.5) is 5.69 Å². The molecule has 0 aromatic heterocycles. The zero-order chi connectivity index (χ0) is 22.6. The molecule has 0 spiro atoms. The van der Waals surface area contributed by atoms with Crippen LogP contribution in [0.5, 0.6) is 0 Å². The van der Waals surface area contributed by atoms with Gasteiger partial charge in [-0.2, -0.15) is 0 Å². The van der Waals surface area contributed by atoms with Crippen LogP contribution in [-0.2, 0) is 0 Å². The molecular formula is C27H46ClN3O. The Labute approximate surface area is 203 Å². The lowest BCUT2D eigenvalue weighted by Gasteiger charge is -2.40. The number of carbonyl (C=O) groups is 1. The fraction of sp³-hybridized carbons (Fsp3) is 0.741. The maximum atomic E-state index is 12.7. The summed E-state index contributed by atoms with van der Waals surface area (Å²) in [7, 11) is 3.69. The summed E-state index contributed by atoms with van der Waals surface area (Å²) in [6.45, 7) is 15.0. The quantitative estimate of drug-likeness (QED) is 0.513. The van der Waals surface area contributed by atoms with Gasteiger partial charge in [0.25, 0.3) is 5.91 Å². The van der Waals surface area contributed by atoms with E-state index in [-0.39, 0.29) is 18.3 Å². The summed E-state index contributed by atoms with van der Waals surface area (Å²) in [5.74, 6) is 1.55. The summed E-state index contributed by atoms with van der Waals surface area (Å²) in [5.41, 5.74) is 4.03. The molecule has 0 atom stereocenters. The van der Waals surface area contributed by atoms with Crippen molar-refractivity contribution in [2.45, 2.75) is 72.1 Å². The summed E-state index contributed by atoms with van der Waals surface area (Å²) in [5, 5.41) is 0. The fourth-order valence-corrected chi connectivity index (χ4v) is 5.42. The van der Waals surface area contributed by atoms with Gasteiger partial charge in [0.05, 0.1) is 0 Å². The molecule has 1 aromatic rings. The molecular weight excluding hydrogens is 418 g/mol. The van der Waals surface area contributed by atoms with Gasteiger partial charge in [-0.3, -0.25) is 9.69 Å². The number of piperazine rings is 1. The Bertz CT molecular complexity index is 727. The Hall–Kier alpha value is -1.26. The maximum absolute atomic E-state index is 12.7. The molecule has 1 heterocycles. The molecule has 32 heavy (non-hydrogen) atoms. The van der Waals surface area contributed by atoms with Crippen molar-refractivity contribution >= 4 is 24.0 Å². The van der Waals surface area contributed by atoms with Gasteiger partial charge in [0.2, 0.25) is 0 Å². The zero-order valence-corrected chi connectivity index (χ0v) is 22.1. The van der Waals surface area contributed by atoms with Crippen LogP contribution in [-0.4, -0.2) is 62.5 Å². The monoisotopic (exact) mass is 463 g/mol. The predicted octanol–water partition coefficient (Wildman–Crippen LogP) is 6.05. The summed E-state index contributed by atoms with van der Waals surface area (Å²) in [6.07, 6.45) is 7.72. The van der Waals surface area contributed by atoms with Crippen molar-refractivity contribution in [1.29, 1.82) is 0 Å². The molecule has 0 radical (unpaired) electrons. The Kier molecular flexibility index (Phi) is 9.90.